The normalized spacial score (nSPS) is 7.56. The molecule has 0 aliphatic heterocycles. The molecule has 0 amide bonds. The summed E-state index contributed by atoms with van der Waals surface area (Å²) >= 11 is 0. The molecule has 0 nitrogen and oxygen atoms in total. The van der Waals surface area contributed by atoms with Gasteiger partial charge in [0.25, 0.3) is 0 Å². The summed E-state index contributed by atoms with van der Waals surface area (Å²) in [6, 6.07) is 10.1. The van der Waals surface area contributed by atoms with Crippen molar-refractivity contribution in [1.82, 2.24) is 0 Å². The van der Waals surface area contributed by atoms with Crippen LogP contribution in [0.4, 0.5) is 0 Å². The van der Waals surface area contributed by atoms with Crippen LogP contribution in [0.15, 0.2) is 30.3 Å². The summed E-state index contributed by atoms with van der Waals surface area (Å²) < 4.78 is 0. The van der Waals surface area contributed by atoms with Crippen molar-refractivity contribution < 1.29 is 19.5 Å². The third-order valence-corrected chi connectivity index (χ3v) is 1.30. The molecule has 1 aromatic carbocycles. The molecule has 0 aliphatic rings. The van der Waals surface area contributed by atoms with E-state index < -0.39 is 0 Å². The first kappa shape index (κ1) is 9.01. The van der Waals surface area contributed by atoms with Gasteiger partial charge in [0.2, 0.25) is 0 Å². The summed E-state index contributed by atoms with van der Waals surface area (Å²) in [5.41, 5.74) is 1.20. The molecule has 0 spiro atoms. The van der Waals surface area contributed by atoms with E-state index in [1.54, 1.807) is 0 Å². The fourth-order valence-corrected chi connectivity index (χ4v) is 0.742. The van der Waals surface area contributed by atoms with Gasteiger partial charge in [-0.1, -0.05) is 30.3 Å². The number of hydrogen-bond acceptors (Lipinski definition) is 0. The van der Waals surface area contributed by atoms with Crippen LogP contribution in [-0.4, -0.2) is 5.80 Å². The smallest absolute Gasteiger partial charge is 0 e. The maximum atomic E-state index is 3.28. The van der Waals surface area contributed by atoms with Crippen molar-refractivity contribution in [3.05, 3.63) is 35.9 Å². The van der Waals surface area contributed by atoms with E-state index in [9.17, 15) is 0 Å². The molecule has 0 radical (unpaired) electrons. The Morgan fingerprint density at radius 1 is 1.11 bits per heavy atom. The Hall–Kier alpha value is 0.0134. The Bertz CT molecular complexity index is 172. The first-order valence-electron chi connectivity index (χ1n) is 2.49. The molecule has 0 aromatic heterocycles. The maximum absolute atomic E-state index is 3.28. The zero-order chi connectivity index (χ0) is 5.82. The van der Waals surface area contributed by atoms with Crippen molar-refractivity contribution in [3.8, 4) is 0 Å². The Morgan fingerprint density at radius 2 is 1.67 bits per heavy atom. The van der Waals surface area contributed by atoms with Gasteiger partial charge in [-0.3, -0.25) is 0 Å². The van der Waals surface area contributed by atoms with Gasteiger partial charge < -0.3 is 0 Å². The quantitative estimate of drug-likeness (QED) is 0.504. The largest absolute Gasteiger partial charge is 0.122 e. The molecular formula is C7H7PRu. The van der Waals surface area contributed by atoms with Gasteiger partial charge in [-0.2, -0.15) is 0 Å². The van der Waals surface area contributed by atoms with Gasteiger partial charge in [0.15, 0.2) is 0 Å². The summed E-state index contributed by atoms with van der Waals surface area (Å²) in [4.78, 5) is 0. The molecule has 2 heteroatoms. The Labute approximate surface area is 70.3 Å². The zero-order valence-corrected chi connectivity index (χ0v) is 7.56. The topological polar surface area (TPSA) is 0 Å². The molecular weight excluding hydrogens is 216 g/mol. The van der Waals surface area contributed by atoms with E-state index in [0.29, 0.717) is 0 Å². The number of rotatable bonds is 1. The standard InChI is InChI=1S/C7H7P.Ru/c8-6-7-4-2-1-3-5-7;/h1-6,8H;. The fraction of sp³-hybridized carbons (Fsp3) is 0. The predicted octanol–water partition coefficient (Wildman–Crippen LogP) is 1.98. The van der Waals surface area contributed by atoms with E-state index in [1.165, 1.54) is 5.56 Å². The summed E-state index contributed by atoms with van der Waals surface area (Å²) in [6.45, 7) is 0. The van der Waals surface area contributed by atoms with Crippen LogP contribution in [0, 0.1) is 0 Å². The van der Waals surface area contributed by atoms with E-state index in [-0.39, 0.29) is 19.5 Å². The molecule has 1 rings (SSSR count). The van der Waals surface area contributed by atoms with Crippen LogP contribution in [0.1, 0.15) is 5.56 Å². The van der Waals surface area contributed by atoms with Gasteiger partial charge in [0.1, 0.15) is 0 Å². The molecule has 48 valence electrons. The number of hydrogen-bond donors (Lipinski definition) is 0. The molecule has 0 fully saturated rings. The van der Waals surface area contributed by atoms with E-state index in [1.807, 2.05) is 36.1 Å². The van der Waals surface area contributed by atoms with Gasteiger partial charge >= 0.3 is 0 Å². The Balaban J connectivity index is 0.000000640. The van der Waals surface area contributed by atoms with E-state index in [2.05, 4.69) is 8.86 Å². The second-order valence-corrected chi connectivity index (χ2v) is 1.84. The van der Waals surface area contributed by atoms with Crippen molar-refractivity contribution >= 4 is 14.7 Å². The van der Waals surface area contributed by atoms with Crippen molar-refractivity contribution in [3.63, 3.8) is 0 Å². The first-order chi connectivity index (χ1) is 3.93. The van der Waals surface area contributed by atoms with Crippen LogP contribution >= 0.6 is 8.86 Å². The number of benzene rings is 1. The van der Waals surface area contributed by atoms with Crippen LogP contribution in [0.2, 0.25) is 0 Å². The monoisotopic (exact) mass is 224 g/mol. The molecule has 0 saturated carbocycles. The Kier molecular flexibility index (Phi) is 4.86. The zero-order valence-electron chi connectivity index (χ0n) is 4.82. The Morgan fingerprint density at radius 3 is 2.00 bits per heavy atom. The minimum absolute atomic E-state index is 0. The van der Waals surface area contributed by atoms with E-state index >= 15 is 0 Å². The predicted molar refractivity (Wildman–Crippen MR) is 39.9 cm³/mol. The van der Waals surface area contributed by atoms with E-state index in [4.69, 9.17) is 0 Å². The second-order valence-electron chi connectivity index (χ2n) is 1.56. The van der Waals surface area contributed by atoms with Crippen molar-refractivity contribution in [2.45, 2.75) is 0 Å². The van der Waals surface area contributed by atoms with Crippen LogP contribution in [-0.2, 0) is 19.5 Å². The molecule has 0 N–H and O–H groups in total. The molecule has 9 heavy (non-hydrogen) atoms. The SMILES string of the molecule is P=Cc1ccccc1.[Ru]. The minimum Gasteiger partial charge on any atom is -0.122 e. The molecule has 0 saturated heterocycles. The van der Waals surface area contributed by atoms with E-state index in [0.717, 1.165) is 0 Å². The second kappa shape index (κ2) is 4.85. The summed E-state index contributed by atoms with van der Waals surface area (Å²) in [6.07, 6.45) is 0. The summed E-state index contributed by atoms with van der Waals surface area (Å²) in [5.74, 6) is 1.89. The molecule has 0 bridgehead atoms. The van der Waals surface area contributed by atoms with Gasteiger partial charge in [0, 0.05) is 19.5 Å². The maximum Gasteiger partial charge on any atom is 0 e. The van der Waals surface area contributed by atoms with Crippen LogP contribution < -0.4 is 0 Å². The average Bonchev–Trinajstić information content (AvgIpc) is 1.90. The van der Waals surface area contributed by atoms with Crippen LogP contribution in [0.3, 0.4) is 0 Å². The van der Waals surface area contributed by atoms with Crippen molar-refractivity contribution in [2.75, 3.05) is 0 Å². The van der Waals surface area contributed by atoms with Gasteiger partial charge in [-0.15, -0.1) is 8.86 Å². The van der Waals surface area contributed by atoms with Gasteiger partial charge in [-0.05, 0) is 11.4 Å². The van der Waals surface area contributed by atoms with Gasteiger partial charge in [-0.25, -0.2) is 0 Å². The van der Waals surface area contributed by atoms with Gasteiger partial charge in [0.05, 0.1) is 0 Å². The van der Waals surface area contributed by atoms with Crippen molar-refractivity contribution in [1.29, 1.82) is 0 Å². The molecule has 0 aliphatic carbocycles. The molecule has 0 heterocycles. The summed E-state index contributed by atoms with van der Waals surface area (Å²) in [5, 5.41) is 0. The average molecular weight is 223 g/mol. The minimum atomic E-state index is 0. The third kappa shape index (κ3) is 2.89. The molecule has 1 aromatic rings. The molecule has 0 unspecified atom stereocenters. The van der Waals surface area contributed by atoms with Crippen LogP contribution in [0.5, 0.6) is 0 Å². The third-order valence-electron chi connectivity index (χ3n) is 0.966. The first-order valence-corrected chi connectivity index (χ1v) is 3.07. The fourth-order valence-electron chi connectivity index (χ4n) is 0.549. The molecule has 0 atom stereocenters. The van der Waals surface area contributed by atoms with Crippen LogP contribution in [0.25, 0.3) is 0 Å². The summed E-state index contributed by atoms with van der Waals surface area (Å²) in [7, 11) is 3.28. The van der Waals surface area contributed by atoms with Crippen molar-refractivity contribution in [2.24, 2.45) is 0 Å².